The third-order valence-corrected chi connectivity index (χ3v) is 4.61. The molecule has 0 spiro atoms. The number of likely N-dealkylation sites (tertiary alicyclic amines) is 1. The fraction of sp³-hybridized carbons (Fsp3) is 0.588. The number of piperidine rings is 1. The van der Waals surface area contributed by atoms with Gasteiger partial charge in [0.1, 0.15) is 5.75 Å². The molecule has 132 valence electrons. The zero-order valence-corrected chi connectivity index (χ0v) is 13.4. The van der Waals surface area contributed by atoms with Gasteiger partial charge in [0.15, 0.2) is 0 Å². The number of benzene rings is 1. The summed E-state index contributed by atoms with van der Waals surface area (Å²) in [6.45, 7) is 2.96. The van der Waals surface area contributed by atoms with Gasteiger partial charge in [0.2, 0.25) is 0 Å². The Balaban J connectivity index is 1.90. The Bertz CT molecular complexity index is 592. The van der Waals surface area contributed by atoms with Crippen LogP contribution in [0.2, 0.25) is 0 Å². The predicted molar refractivity (Wildman–Crippen MR) is 83.1 cm³/mol. The maximum absolute atomic E-state index is 12.6. The van der Waals surface area contributed by atoms with E-state index in [1.807, 2.05) is 0 Å². The second kappa shape index (κ2) is 7.01. The molecule has 1 amide bonds. The Morgan fingerprint density at radius 3 is 2.42 bits per heavy atom. The van der Waals surface area contributed by atoms with E-state index in [1.165, 1.54) is 12.1 Å². The van der Waals surface area contributed by atoms with Gasteiger partial charge in [-0.25, -0.2) is 0 Å². The van der Waals surface area contributed by atoms with Gasteiger partial charge in [0, 0.05) is 18.7 Å². The van der Waals surface area contributed by atoms with Crippen molar-refractivity contribution < 1.29 is 22.7 Å². The lowest BCUT2D eigenvalue weighted by atomic mass is 9.89. The molecule has 7 heteroatoms. The molecule has 1 N–H and O–H groups in total. The van der Waals surface area contributed by atoms with E-state index in [4.69, 9.17) is 0 Å². The van der Waals surface area contributed by atoms with Gasteiger partial charge in [-0.05, 0) is 68.5 Å². The molecule has 0 bridgehead atoms. The average molecular weight is 342 g/mol. The van der Waals surface area contributed by atoms with Crippen molar-refractivity contribution in [3.8, 4) is 5.75 Å². The van der Waals surface area contributed by atoms with E-state index in [2.05, 4.69) is 10.1 Å². The molecule has 0 atom stereocenters. The van der Waals surface area contributed by atoms with Crippen molar-refractivity contribution in [1.29, 1.82) is 0 Å². The molecule has 0 unspecified atom stereocenters. The number of amides is 1. The summed E-state index contributed by atoms with van der Waals surface area (Å²) in [5, 5.41) is 3.23. The number of alkyl halides is 3. The zero-order chi connectivity index (χ0) is 17.2. The van der Waals surface area contributed by atoms with Crippen molar-refractivity contribution in [2.24, 2.45) is 0 Å². The maximum atomic E-state index is 12.6. The molecular weight excluding hydrogens is 321 g/mol. The minimum absolute atomic E-state index is 0.146. The molecule has 2 aliphatic rings. The molecule has 2 fully saturated rings. The van der Waals surface area contributed by atoms with Crippen LogP contribution in [-0.2, 0) is 0 Å². The standard InChI is InChI=1S/C17H21F3N2O2/c18-17(19,20)24-15-10-13(12-3-5-21-6-4-12)9-14(11-15)16(23)22-7-1-2-8-22/h9-12,21H,1-8H2. The molecule has 2 saturated heterocycles. The molecule has 0 saturated carbocycles. The minimum atomic E-state index is -4.76. The molecule has 0 aliphatic carbocycles. The number of halogens is 3. The molecule has 1 aromatic rings. The highest BCUT2D eigenvalue weighted by atomic mass is 19.4. The second-order valence-electron chi connectivity index (χ2n) is 6.36. The highest BCUT2D eigenvalue weighted by molar-refractivity contribution is 5.95. The normalized spacial score (nSPS) is 19.5. The van der Waals surface area contributed by atoms with Crippen molar-refractivity contribution in [1.82, 2.24) is 10.2 Å². The summed E-state index contributed by atoms with van der Waals surface area (Å²) in [5.74, 6) is -0.371. The highest BCUT2D eigenvalue weighted by Crippen LogP contribution is 2.32. The predicted octanol–water partition coefficient (Wildman–Crippen LogP) is 3.29. The van der Waals surface area contributed by atoms with Crippen LogP contribution in [0.3, 0.4) is 0 Å². The van der Waals surface area contributed by atoms with Crippen LogP contribution in [-0.4, -0.2) is 43.3 Å². The first-order valence-electron chi connectivity index (χ1n) is 8.33. The molecule has 4 nitrogen and oxygen atoms in total. The number of ether oxygens (including phenoxy) is 1. The molecule has 3 rings (SSSR count). The van der Waals surface area contributed by atoms with Gasteiger partial charge >= 0.3 is 6.36 Å². The summed E-state index contributed by atoms with van der Waals surface area (Å²) < 4.78 is 42.0. The van der Waals surface area contributed by atoms with Crippen molar-refractivity contribution in [3.63, 3.8) is 0 Å². The lowest BCUT2D eigenvalue weighted by Crippen LogP contribution is -2.29. The second-order valence-corrected chi connectivity index (χ2v) is 6.36. The quantitative estimate of drug-likeness (QED) is 0.916. The van der Waals surface area contributed by atoms with Gasteiger partial charge in [-0.15, -0.1) is 13.2 Å². The molecule has 24 heavy (non-hydrogen) atoms. The summed E-state index contributed by atoms with van der Waals surface area (Å²) in [6, 6.07) is 4.36. The van der Waals surface area contributed by atoms with Gasteiger partial charge in [-0.3, -0.25) is 4.79 Å². The summed E-state index contributed by atoms with van der Waals surface area (Å²) >= 11 is 0. The van der Waals surface area contributed by atoms with Gasteiger partial charge in [0.25, 0.3) is 5.91 Å². The van der Waals surface area contributed by atoms with Crippen molar-refractivity contribution in [2.75, 3.05) is 26.2 Å². The third-order valence-electron chi connectivity index (χ3n) is 4.61. The Kier molecular flexibility index (Phi) is 4.99. The fourth-order valence-corrected chi connectivity index (χ4v) is 3.43. The minimum Gasteiger partial charge on any atom is -0.406 e. The summed E-state index contributed by atoms with van der Waals surface area (Å²) in [4.78, 5) is 14.3. The van der Waals surface area contributed by atoms with Crippen LogP contribution in [0.15, 0.2) is 18.2 Å². The molecule has 0 radical (unpaired) electrons. The van der Waals surface area contributed by atoms with Crippen LogP contribution in [0, 0.1) is 0 Å². The SMILES string of the molecule is O=C(c1cc(OC(F)(F)F)cc(C2CCNCC2)c1)N1CCCC1. The van der Waals surface area contributed by atoms with Crippen molar-refractivity contribution in [3.05, 3.63) is 29.3 Å². The monoisotopic (exact) mass is 342 g/mol. The summed E-state index contributed by atoms with van der Waals surface area (Å²) in [5.41, 5.74) is 1.04. The van der Waals surface area contributed by atoms with E-state index >= 15 is 0 Å². The van der Waals surface area contributed by atoms with Crippen LogP contribution in [0.1, 0.15) is 47.5 Å². The summed E-state index contributed by atoms with van der Waals surface area (Å²) in [6.07, 6.45) is -1.21. The fourth-order valence-electron chi connectivity index (χ4n) is 3.43. The number of nitrogens with one attached hydrogen (secondary N) is 1. The van der Waals surface area contributed by atoms with Crippen LogP contribution < -0.4 is 10.1 Å². The maximum Gasteiger partial charge on any atom is 0.573 e. The smallest absolute Gasteiger partial charge is 0.406 e. The van der Waals surface area contributed by atoms with Gasteiger partial charge in [0.05, 0.1) is 0 Å². The van der Waals surface area contributed by atoms with Gasteiger partial charge in [-0.1, -0.05) is 0 Å². The van der Waals surface area contributed by atoms with Crippen molar-refractivity contribution in [2.45, 2.75) is 38.0 Å². The van der Waals surface area contributed by atoms with Crippen molar-refractivity contribution >= 4 is 5.91 Å². The van der Waals surface area contributed by atoms with E-state index in [0.717, 1.165) is 44.3 Å². The van der Waals surface area contributed by atoms with Gasteiger partial charge in [-0.2, -0.15) is 0 Å². The van der Waals surface area contributed by atoms with E-state index < -0.39 is 6.36 Å². The Morgan fingerprint density at radius 2 is 1.79 bits per heavy atom. The van der Waals surface area contributed by atoms with Gasteiger partial charge < -0.3 is 15.0 Å². The number of hydrogen-bond acceptors (Lipinski definition) is 3. The number of nitrogens with zero attached hydrogens (tertiary/aromatic N) is 1. The average Bonchev–Trinajstić information content (AvgIpc) is 3.07. The third kappa shape index (κ3) is 4.20. The van der Waals surface area contributed by atoms with Crippen LogP contribution in [0.4, 0.5) is 13.2 Å². The zero-order valence-electron chi connectivity index (χ0n) is 13.4. The first-order valence-corrected chi connectivity index (χ1v) is 8.33. The first kappa shape index (κ1) is 17.1. The summed E-state index contributed by atoms with van der Waals surface area (Å²) in [7, 11) is 0. The Hall–Kier alpha value is -1.76. The molecular formula is C17H21F3N2O2. The Labute approximate surface area is 139 Å². The number of carbonyl (C=O) groups excluding carboxylic acids is 1. The lowest BCUT2D eigenvalue weighted by molar-refractivity contribution is -0.274. The largest absolute Gasteiger partial charge is 0.573 e. The van der Waals surface area contributed by atoms with E-state index in [1.54, 1.807) is 11.0 Å². The van der Waals surface area contributed by atoms with Crippen LogP contribution in [0.5, 0.6) is 5.75 Å². The van der Waals surface area contributed by atoms with E-state index in [0.29, 0.717) is 13.1 Å². The first-order chi connectivity index (χ1) is 11.4. The molecule has 1 aromatic carbocycles. The number of carbonyl (C=O) groups is 1. The molecule has 0 aromatic heterocycles. The Morgan fingerprint density at radius 1 is 1.12 bits per heavy atom. The molecule has 2 aliphatic heterocycles. The van der Waals surface area contributed by atoms with E-state index in [9.17, 15) is 18.0 Å². The topological polar surface area (TPSA) is 41.6 Å². The lowest BCUT2D eigenvalue weighted by Gasteiger charge is -2.25. The van der Waals surface area contributed by atoms with E-state index in [-0.39, 0.29) is 23.1 Å². The molecule has 2 heterocycles. The highest BCUT2D eigenvalue weighted by Gasteiger charge is 2.32. The van der Waals surface area contributed by atoms with Crippen LogP contribution >= 0.6 is 0 Å². The van der Waals surface area contributed by atoms with Crippen LogP contribution in [0.25, 0.3) is 0 Å². The number of hydrogen-bond donors (Lipinski definition) is 1. The number of rotatable bonds is 3.